The van der Waals surface area contributed by atoms with E-state index in [4.69, 9.17) is 4.98 Å². The van der Waals surface area contributed by atoms with Crippen LogP contribution in [0.5, 0.6) is 0 Å². The van der Waals surface area contributed by atoms with Crippen molar-refractivity contribution in [1.82, 2.24) is 25.1 Å². The average Bonchev–Trinajstić information content (AvgIpc) is 3.25. The second-order valence-electron chi connectivity index (χ2n) is 7.47. The van der Waals surface area contributed by atoms with Crippen LogP contribution in [0, 0.1) is 22.7 Å². The molecule has 1 spiro atoms. The Morgan fingerprint density at radius 3 is 2.78 bits per heavy atom. The lowest BCUT2D eigenvalue weighted by atomic mass is 9.69. The molecule has 2 aliphatic heterocycles. The van der Waals surface area contributed by atoms with E-state index < -0.39 is 0 Å². The smallest absolute Gasteiger partial charge is 0.223 e. The van der Waals surface area contributed by atoms with Crippen LogP contribution < -0.4 is 10.2 Å². The van der Waals surface area contributed by atoms with Crippen molar-refractivity contribution in [3.8, 4) is 17.3 Å². The van der Waals surface area contributed by atoms with Crippen molar-refractivity contribution >= 4 is 11.7 Å². The SMILES string of the molecule is CCC1C(=O)NCC12CCN(c1cnc(C#N)c(-c3cnn(C)c3)n1)CC2. The van der Waals surface area contributed by atoms with Gasteiger partial charge in [-0.3, -0.25) is 9.48 Å². The minimum Gasteiger partial charge on any atom is -0.355 e. The number of hydrogen-bond donors (Lipinski definition) is 1. The summed E-state index contributed by atoms with van der Waals surface area (Å²) in [6, 6.07) is 2.12. The fraction of sp³-hybridized carbons (Fsp3) is 0.526. The number of carbonyl (C=O) groups excluding carboxylic acids is 1. The molecular formula is C19H23N7O. The van der Waals surface area contributed by atoms with Gasteiger partial charge in [0.25, 0.3) is 0 Å². The van der Waals surface area contributed by atoms with Gasteiger partial charge in [0.05, 0.1) is 12.4 Å². The van der Waals surface area contributed by atoms with Crippen molar-refractivity contribution in [3.05, 3.63) is 24.3 Å². The Morgan fingerprint density at radius 2 is 2.15 bits per heavy atom. The lowest BCUT2D eigenvalue weighted by Gasteiger charge is -2.41. The molecule has 8 heteroatoms. The first-order valence-corrected chi connectivity index (χ1v) is 9.35. The number of aromatic nitrogens is 4. The molecule has 0 aromatic carbocycles. The highest BCUT2D eigenvalue weighted by molar-refractivity contribution is 5.82. The number of nitrogens with one attached hydrogen (secondary N) is 1. The zero-order valence-electron chi connectivity index (χ0n) is 15.6. The number of nitriles is 1. The molecule has 2 aliphatic rings. The molecule has 0 bridgehead atoms. The van der Waals surface area contributed by atoms with Crippen LogP contribution in [0.15, 0.2) is 18.6 Å². The van der Waals surface area contributed by atoms with Gasteiger partial charge in [-0.1, -0.05) is 6.92 Å². The van der Waals surface area contributed by atoms with Crippen LogP contribution in [0.1, 0.15) is 31.9 Å². The number of anilines is 1. The van der Waals surface area contributed by atoms with Gasteiger partial charge in [-0.2, -0.15) is 10.4 Å². The standard InChI is InChI=1S/C19H23N7O/c1-3-14-18(27)22-12-19(14)4-6-26(7-5-19)16-10-21-15(8-20)17(24-16)13-9-23-25(2)11-13/h9-11,14H,3-7,12H2,1-2H3,(H,22,27). The van der Waals surface area contributed by atoms with Crippen LogP contribution in [-0.4, -0.2) is 45.3 Å². The van der Waals surface area contributed by atoms with Crippen LogP contribution >= 0.6 is 0 Å². The van der Waals surface area contributed by atoms with Crippen molar-refractivity contribution in [3.63, 3.8) is 0 Å². The first kappa shape index (κ1) is 17.5. The summed E-state index contributed by atoms with van der Waals surface area (Å²) in [7, 11) is 1.83. The molecule has 4 rings (SSSR count). The van der Waals surface area contributed by atoms with Crippen molar-refractivity contribution < 1.29 is 4.79 Å². The fourth-order valence-corrected chi connectivity index (χ4v) is 4.47. The molecule has 2 fully saturated rings. The Hall–Kier alpha value is -2.95. The van der Waals surface area contributed by atoms with Crippen LogP contribution in [0.2, 0.25) is 0 Å². The van der Waals surface area contributed by atoms with Gasteiger partial charge in [-0.25, -0.2) is 9.97 Å². The van der Waals surface area contributed by atoms with Gasteiger partial charge in [0.15, 0.2) is 5.69 Å². The summed E-state index contributed by atoms with van der Waals surface area (Å²) in [5.41, 5.74) is 1.71. The lowest BCUT2D eigenvalue weighted by molar-refractivity contribution is -0.124. The average molecular weight is 365 g/mol. The van der Waals surface area contributed by atoms with E-state index in [1.165, 1.54) is 0 Å². The number of amides is 1. The predicted molar refractivity (Wildman–Crippen MR) is 99.6 cm³/mol. The summed E-state index contributed by atoms with van der Waals surface area (Å²) in [6.45, 7) is 4.53. The van der Waals surface area contributed by atoms with E-state index in [1.807, 2.05) is 13.2 Å². The molecule has 8 nitrogen and oxygen atoms in total. The van der Waals surface area contributed by atoms with Crippen molar-refractivity contribution in [1.29, 1.82) is 5.26 Å². The third-order valence-corrected chi connectivity index (χ3v) is 6.01. The molecule has 2 saturated heterocycles. The first-order chi connectivity index (χ1) is 13.1. The second kappa shape index (κ2) is 6.65. The van der Waals surface area contributed by atoms with Gasteiger partial charge in [0.1, 0.15) is 17.6 Å². The molecule has 4 heterocycles. The molecule has 1 unspecified atom stereocenters. The van der Waals surface area contributed by atoms with E-state index in [9.17, 15) is 10.1 Å². The highest BCUT2D eigenvalue weighted by Crippen LogP contribution is 2.44. The highest BCUT2D eigenvalue weighted by Gasteiger charge is 2.48. The molecule has 140 valence electrons. The quantitative estimate of drug-likeness (QED) is 0.885. The normalized spacial score (nSPS) is 21.3. The van der Waals surface area contributed by atoms with E-state index in [-0.39, 0.29) is 17.2 Å². The molecule has 1 N–H and O–H groups in total. The van der Waals surface area contributed by atoms with Gasteiger partial charge < -0.3 is 10.2 Å². The van der Waals surface area contributed by atoms with Gasteiger partial charge in [0.2, 0.25) is 5.91 Å². The Bertz CT molecular complexity index is 905. The number of carbonyl (C=O) groups is 1. The van der Waals surface area contributed by atoms with E-state index in [0.29, 0.717) is 11.4 Å². The lowest BCUT2D eigenvalue weighted by Crippen LogP contribution is -2.44. The van der Waals surface area contributed by atoms with Crippen LogP contribution in [0.3, 0.4) is 0 Å². The number of nitrogens with zero attached hydrogens (tertiary/aromatic N) is 6. The molecular weight excluding hydrogens is 342 g/mol. The van der Waals surface area contributed by atoms with Gasteiger partial charge in [-0.05, 0) is 19.3 Å². The van der Waals surface area contributed by atoms with Crippen LogP contribution in [0.25, 0.3) is 11.3 Å². The minimum atomic E-state index is 0.0640. The summed E-state index contributed by atoms with van der Waals surface area (Å²) < 4.78 is 1.69. The fourth-order valence-electron chi connectivity index (χ4n) is 4.47. The minimum absolute atomic E-state index is 0.0640. The molecule has 27 heavy (non-hydrogen) atoms. The maximum absolute atomic E-state index is 12.1. The van der Waals surface area contributed by atoms with Crippen molar-refractivity contribution in [2.75, 3.05) is 24.5 Å². The van der Waals surface area contributed by atoms with E-state index in [0.717, 1.165) is 50.3 Å². The van der Waals surface area contributed by atoms with Crippen molar-refractivity contribution in [2.45, 2.75) is 26.2 Å². The Kier molecular flexibility index (Phi) is 4.30. The maximum atomic E-state index is 12.1. The summed E-state index contributed by atoms with van der Waals surface area (Å²) in [6.07, 6.45) is 7.99. The van der Waals surface area contributed by atoms with Crippen LogP contribution in [-0.2, 0) is 11.8 Å². The summed E-state index contributed by atoms with van der Waals surface area (Å²) in [5, 5.41) is 16.6. The largest absolute Gasteiger partial charge is 0.355 e. The molecule has 1 amide bonds. The number of hydrogen-bond acceptors (Lipinski definition) is 6. The zero-order valence-corrected chi connectivity index (χ0v) is 15.6. The van der Waals surface area contributed by atoms with E-state index >= 15 is 0 Å². The number of piperidine rings is 1. The molecule has 1 atom stereocenters. The third kappa shape index (κ3) is 2.93. The van der Waals surface area contributed by atoms with Gasteiger partial charge in [0, 0.05) is 49.8 Å². The van der Waals surface area contributed by atoms with Gasteiger partial charge >= 0.3 is 0 Å². The number of rotatable bonds is 3. The second-order valence-corrected chi connectivity index (χ2v) is 7.47. The Morgan fingerprint density at radius 1 is 1.37 bits per heavy atom. The summed E-state index contributed by atoms with van der Waals surface area (Å²) in [4.78, 5) is 23.4. The maximum Gasteiger partial charge on any atom is 0.223 e. The zero-order chi connectivity index (χ0) is 19.0. The van der Waals surface area contributed by atoms with Gasteiger partial charge in [-0.15, -0.1) is 0 Å². The number of aryl methyl sites for hydroxylation is 1. The predicted octanol–water partition coefficient (Wildman–Crippen LogP) is 1.49. The summed E-state index contributed by atoms with van der Waals surface area (Å²) in [5.74, 6) is 1.08. The molecule has 2 aromatic heterocycles. The van der Waals surface area contributed by atoms with E-state index in [2.05, 4.69) is 33.3 Å². The van der Waals surface area contributed by atoms with Crippen molar-refractivity contribution in [2.24, 2.45) is 18.4 Å². The monoisotopic (exact) mass is 365 g/mol. The Balaban J connectivity index is 1.57. The highest BCUT2D eigenvalue weighted by atomic mass is 16.2. The topological polar surface area (TPSA) is 99.7 Å². The third-order valence-electron chi connectivity index (χ3n) is 6.01. The first-order valence-electron chi connectivity index (χ1n) is 9.35. The molecule has 0 saturated carbocycles. The molecule has 2 aromatic rings. The van der Waals surface area contributed by atoms with E-state index in [1.54, 1.807) is 17.1 Å². The molecule has 0 aliphatic carbocycles. The summed E-state index contributed by atoms with van der Waals surface area (Å²) >= 11 is 0. The Labute approximate surface area is 158 Å². The molecule has 0 radical (unpaired) electrons. The van der Waals surface area contributed by atoms with Crippen LogP contribution in [0.4, 0.5) is 5.82 Å².